The Morgan fingerprint density at radius 2 is 1.43 bits per heavy atom. The van der Waals surface area contributed by atoms with Crippen LogP contribution in [0.2, 0.25) is 6.55 Å². The lowest BCUT2D eigenvalue weighted by Gasteiger charge is -2.27. The molecular formula is C5H7F7OSi. The summed E-state index contributed by atoms with van der Waals surface area (Å²) in [6.45, 7) is 1.43. The van der Waals surface area contributed by atoms with Gasteiger partial charge in [0, 0.05) is 15.7 Å². The molecule has 0 spiro atoms. The number of rotatable bonds is 4. The highest BCUT2D eigenvalue weighted by Gasteiger charge is 2.74. The fourth-order valence-corrected chi connectivity index (χ4v) is 0.946. The van der Waals surface area contributed by atoms with Crippen LogP contribution in [0.4, 0.5) is 30.7 Å². The number of alkyl halides is 7. The van der Waals surface area contributed by atoms with E-state index in [0.29, 0.717) is 0 Å². The molecule has 0 aromatic carbocycles. The van der Waals surface area contributed by atoms with Gasteiger partial charge in [0.1, 0.15) is 0 Å². The minimum absolute atomic E-state index is 0.737. The number of halogens is 7. The van der Waals surface area contributed by atoms with E-state index in [1.54, 1.807) is 0 Å². The Bertz CT molecular complexity index is 189. The molecular weight excluding hydrogens is 237 g/mol. The first-order valence-electron chi connectivity index (χ1n) is 3.52. The van der Waals surface area contributed by atoms with Crippen LogP contribution in [-0.2, 0) is 4.74 Å². The highest BCUT2D eigenvalue weighted by molar-refractivity contribution is 6.33. The van der Waals surface area contributed by atoms with Crippen LogP contribution in [0.15, 0.2) is 0 Å². The second-order valence-corrected chi connectivity index (χ2v) is 3.85. The third-order valence-electron chi connectivity index (χ3n) is 1.21. The average molecular weight is 244 g/mol. The molecule has 0 aromatic heterocycles. The molecule has 0 heterocycles. The van der Waals surface area contributed by atoms with Gasteiger partial charge in [-0.1, -0.05) is 6.55 Å². The molecule has 0 fully saturated rings. The van der Waals surface area contributed by atoms with Gasteiger partial charge in [0.15, 0.2) is 0 Å². The Hall–Kier alpha value is -0.313. The summed E-state index contributed by atoms with van der Waals surface area (Å²) in [4.78, 5) is 0. The molecule has 0 atom stereocenters. The van der Waals surface area contributed by atoms with Crippen molar-refractivity contribution in [3.63, 3.8) is 0 Å². The van der Waals surface area contributed by atoms with Crippen molar-refractivity contribution in [2.24, 2.45) is 0 Å². The molecule has 0 rings (SSSR count). The van der Waals surface area contributed by atoms with E-state index in [4.69, 9.17) is 0 Å². The van der Waals surface area contributed by atoms with Gasteiger partial charge in [0.2, 0.25) is 0 Å². The molecule has 0 bridgehead atoms. The van der Waals surface area contributed by atoms with E-state index in [-0.39, 0.29) is 0 Å². The number of hydrogen-bond donors (Lipinski definition) is 0. The van der Waals surface area contributed by atoms with Crippen LogP contribution in [0.1, 0.15) is 0 Å². The quantitative estimate of drug-likeness (QED) is 0.542. The minimum Gasteiger partial charge on any atom is -0.320 e. The summed E-state index contributed by atoms with van der Waals surface area (Å²) in [5.41, 5.74) is 0. The van der Waals surface area contributed by atoms with Crippen molar-refractivity contribution in [2.75, 3.05) is 6.23 Å². The van der Waals surface area contributed by atoms with Crippen LogP contribution in [0.5, 0.6) is 0 Å². The molecule has 86 valence electrons. The van der Waals surface area contributed by atoms with E-state index in [1.807, 2.05) is 0 Å². The summed E-state index contributed by atoms with van der Waals surface area (Å²) in [6, 6.07) is 0. The maximum absolute atomic E-state index is 12.2. The van der Waals surface area contributed by atoms with Gasteiger partial charge in [0.05, 0.1) is 0 Å². The second kappa shape index (κ2) is 4.05. The summed E-state index contributed by atoms with van der Waals surface area (Å²) in [5, 5.41) is 0. The lowest BCUT2D eigenvalue weighted by atomic mass is 10.3. The van der Waals surface area contributed by atoms with Crippen LogP contribution < -0.4 is 0 Å². The molecule has 0 N–H and O–H groups in total. The van der Waals surface area contributed by atoms with Crippen molar-refractivity contribution in [1.29, 1.82) is 0 Å². The molecule has 0 aliphatic heterocycles. The monoisotopic (exact) mass is 244 g/mol. The molecule has 9 heteroatoms. The van der Waals surface area contributed by atoms with Crippen LogP contribution >= 0.6 is 0 Å². The lowest BCUT2D eigenvalue weighted by Crippen LogP contribution is -2.53. The largest absolute Gasteiger partial charge is 0.462 e. The summed E-state index contributed by atoms with van der Waals surface area (Å²) in [5.74, 6) is -6.15. The van der Waals surface area contributed by atoms with Gasteiger partial charge in [-0.3, -0.25) is 0 Å². The van der Waals surface area contributed by atoms with E-state index < -0.39 is 34.0 Å². The van der Waals surface area contributed by atoms with E-state index in [1.165, 1.54) is 6.55 Å². The SMILES string of the molecule is C[SiH2]COC(F)(F)C(F)(F)C(F)(F)F. The van der Waals surface area contributed by atoms with Crippen LogP contribution in [0.3, 0.4) is 0 Å². The topological polar surface area (TPSA) is 9.23 Å². The Balaban J connectivity index is 4.69. The highest BCUT2D eigenvalue weighted by Crippen LogP contribution is 2.46. The van der Waals surface area contributed by atoms with Gasteiger partial charge in [-0.05, 0) is 0 Å². The first-order chi connectivity index (χ1) is 6.06. The highest BCUT2D eigenvalue weighted by atomic mass is 28.2. The zero-order valence-corrected chi connectivity index (χ0v) is 8.38. The Morgan fingerprint density at radius 1 is 1.00 bits per heavy atom. The lowest BCUT2D eigenvalue weighted by molar-refractivity contribution is -0.420. The Morgan fingerprint density at radius 3 is 1.71 bits per heavy atom. The smallest absolute Gasteiger partial charge is 0.320 e. The van der Waals surface area contributed by atoms with Crippen LogP contribution in [0.25, 0.3) is 0 Å². The normalized spacial score (nSPS) is 15.4. The zero-order chi connectivity index (χ0) is 11.6. The average Bonchev–Trinajstić information content (AvgIpc) is 1.98. The van der Waals surface area contributed by atoms with Crippen LogP contribution in [-0.4, -0.2) is 34.0 Å². The van der Waals surface area contributed by atoms with Gasteiger partial charge in [-0.2, -0.15) is 30.7 Å². The Kier molecular flexibility index (Phi) is 3.96. The molecule has 1 nitrogen and oxygen atoms in total. The van der Waals surface area contributed by atoms with Gasteiger partial charge in [-0.25, -0.2) is 0 Å². The number of ether oxygens (including phenoxy) is 1. The maximum atomic E-state index is 12.2. The van der Waals surface area contributed by atoms with Crippen molar-refractivity contribution in [3.05, 3.63) is 0 Å². The molecule has 0 amide bonds. The first kappa shape index (κ1) is 13.7. The fraction of sp³-hybridized carbons (Fsp3) is 1.00. The molecule has 0 aliphatic rings. The standard InChI is InChI=1S/C5H7F7OSi/c1-14-2-13-5(11,12)3(6,7)4(8,9)10/h2,14H2,1H3. The predicted molar refractivity (Wildman–Crippen MR) is 36.3 cm³/mol. The van der Waals surface area contributed by atoms with Crippen molar-refractivity contribution in [3.8, 4) is 0 Å². The molecule has 0 aromatic rings. The molecule has 14 heavy (non-hydrogen) atoms. The van der Waals surface area contributed by atoms with Crippen molar-refractivity contribution in [2.45, 2.75) is 24.8 Å². The third kappa shape index (κ3) is 2.59. The fourth-order valence-electron chi connectivity index (χ4n) is 0.486. The molecule has 0 unspecified atom stereocenters. The zero-order valence-electron chi connectivity index (χ0n) is 6.97. The van der Waals surface area contributed by atoms with E-state index >= 15 is 0 Å². The second-order valence-electron chi connectivity index (χ2n) is 2.44. The molecule has 0 saturated heterocycles. The van der Waals surface area contributed by atoms with Gasteiger partial charge < -0.3 is 4.74 Å². The molecule has 0 aliphatic carbocycles. The van der Waals surface area contributed by atoms with Crippen molar-refractivity contribution < 1.29 is 35.5 Å². The summed E-state index contributed by atoms with van der Waals surface area (Å²) in [6.07, 6.45) is -12.5. The maximum Gasteiger partial charge on any atom is 0.462 e. The summed E-state index contributed by atoms with van der Waals surface area (Å²) >= 11 is 0. The minimum atomic E-state index is -6.31. The van der Waals surface area contributed by atoms with Crippen molar-refractivity contribution in [1.82, 2.24) is 0 Å². The summed E-state index contributed by atoms with van der Waals surface area (Å²) < 4.78 is 86.1. The van der Waals surface area contributed by atoms with Gasteiger partial charge >= 0.3 is 18.2 Å². The molecule has 0 radical (unpaired) electrons. The number of hydrogen-bond acceptors (Lipinski definition) is 1. The molecule has 0 saturated carbocycles. The third-order valence-corrected chi connectivity index (χ3v) is 1.82. The Labute approximate surface area is 77.0 Å². The van der Waals surface area contributed by atoms with E-state index in [2.05, 4.69) is 4.74 Å². The summed E-state index contributed by atoms with van der Waals surface area (Å²) in [7, 11) is -1.17. The van der Waals surface area contributed by atoms with E-state index in [0.717, 1.165) is 0 Å². The van der Waals surface area contributed by atoms with E-state index in [9.17, 15) is 30.7 Å². The van der Waals surface area contributed by atoms with Crippen LogP contribution in [0, 0.1) is 0 Å². The van der Waals surface area contributed by atoms with Gasteiger partial charge in [-0.15, -0.1) is 0 Å². The predicted octanol–water partition coefficient (Wildman–Crippen LogP) is 1.97. The van der Waals surface area contributed by atoms with Crippen molar-refractivity contribution >= 4 is 9.52 Å². The first-order valence-corrected chi connectivity index (χ1v) is 5.94. The van der Waals surface area contributed by atoms with Gasteiger partial charge in [0.25, 0.3) is 0 Å².